The number of rotatable bonds is 5. The standard InChI is InChI=1S/C25H20BrI2N3O2S/c1-3-13(2)15-6-9-21-20(10-15)30-24(33-21)14-4-7-17(8-5-14)29-25(34)31-23(32)18-11-16(27)12-19(28)22(18)26/h4-13H,3H2,1-2H3,(H2,29,31,32,34). The number of thiocarbonyl (C=S) groups is 1. The van der Waals surface area contributed by atoms with Crippen molar-refractivity contribution in [2.24, 2.45) is 0 Å². The van der Waals surface area contributed by atoms with Crippen molar-refractivity contribution in [2.75, 3.05) is 5.32 Å². The third kappa shape index (κ3) is 5.80. The van der Waals surface area contributed by atoms with Crippen LogP contribution < -0.4 is 10.6 Å². The van der Waals surface area contributed by atoms with Crippen molar-refractivity contribution >= 4 is 101 Å². The van der Waals surface area contributed by atoms with Crippen LogP contribution in [0.5, 0.6) is 0 Å². The van der Waals surface area contributed by atoms with Gasteiger partial charge in [-0.25, -0.2) is 4.98 Å². The summed E-state index contributed by atoms with van der Waals surface area (Å²) in [6.07, 6.45) is 1.08. The number of carbonyl (C=O) groups is 1. The van der Waals surface area contributed by atoms with Gasteiger partial charge < -0.3 is 9.73 Å². The number of nitrogens with zero attached hydrogens (tertiary/aromatic N) is 1. The van der Waals surface area contributed by atoms with E-state index in [1.165, 1.54) is 5.56 Å². The Labute approximate surface area is 238 Å². The predicted molar refractivity (Wildman–Crippen MR) is 161 cm³/mol. The molecule has 0 radical (unpaired) electrons. The summed E-state index contributed by atoms with van der Waals surface area (Å²) in [4.78, 5) is 17.4. The van der Waals surface area contributed by atoms with Crippen molar-refractivity contribution in [3.63, 3.8) is 0 Å². The molecule has 1 unspecified atom stereocenters. The van der Waals surface area contributed by atoms with Crippen LogP contribution in [0.25, 0.3) is 22.6 Å². The topological polar surface area (TPSA) is 67.2 Å². The van der Waals surface area contributed by atoms with E-state index in [9.17, 15) is 4.79 Å². The SMILES string of the molecule is CCC(C)c1ccc2oc(-c3ccc(NC(=S)NC(=O)c4cc(I)cc(I)c4Br)cc3)nc2c1. The van der Waals surface area contributed by atoms with E-state index in [4.69, 9.17) is 16.6 Å². The fourth-order valence-corrected chi connectivity index (χ4v) is 5.82. The maximum absolute atomic E-state index is 12.7. The molecule has 1 atom stereocenters. The number of oxazole rings is 1. The van der Waals surface area contributed by atoms with Gasteiger partial charge in [0.25, 0.3) is 5.91 Å². The number of hydrogen-bond acceptors (Lipinski definition) is 4. The van der Waals surface area contributed by atoms with Crippen molar-refractivity contribution in [1.29, 1.82) is 0 Å². The highest BCUT2D eigenvalue weighted by Crippen LogP contribution is 2.29. The lowest BCUT2D eigenvalue weighted by atomic mass is 9.98. The summed E-state index contributed by atoms with van der Waals surface area (Å²) in [6, 6.07) is 17.5. The molecule has 0 aliphatic carbocycles. The molecule has 9 heteroatoms. The highest BCUT2D eigenvalue weighted by atomic mass is 127. The molecule has 0 fully saturated rings. The minimum Gasteiger partial charge on any atom is -0.436 e. The smallest absolute Gasteiger partial charge is 0.258 e. The molecule has 0 saturated heterocycles. The van der Waals surface area contributed by atoms with E-state index >= 15 is 0 Å². The van der Waals surface area contributed by atoms with Gasteiger partial charge in [0, 0.05) is 22.9 Å². The van der Waals surface area contributed by atoms with Crippen molar-refractivity contribution in [2.45, 2.75) is 26.2 Å². The summed E-state index contributed by atoms with van der Waals surface area (Å²) < 4.78 is 8.63. The number of halogens is 3. The van der Waals surface area contributed by atoms with Gasteiger partial charge in [-0.3, -0.25) is 10.1 Å². The number of nitrogens with one attached hydrogen (secondary N) is 2. The van der Waals surface area contributed by atoms with Crippen molar-refractivity contribution in [1.82, 2.24) is 10.3 Å². The number of fused-ring (bicyclic) bond motifs is 1. The molecule has 1 heterocycles. The Morgan fingerprint density at radius 3 is 2.59 bits per heavy atom. The molecule has 4 aromatic rings. The van der Waals surface area contributed by atoms with Crippen LogP contribution in [0, 0.1) is 7.14 Å². The molecular weight excluding hydrogens is 740 g/mol. The largest absolute Gasteiger partial charge is 0.436 e. The van der Waals surface area contributed by atoms with E-state index in [1.807, 2.05) is 42.5 Å². The highest BCUT2D eigenvalue weighted by Gasteiger charge is 2.15. The number of hydrogen-bond donors (Lipinski definition) is 2. The molecule has 4 rings (SSSR count). The van der Waals surface area contributed by atoms with Gasteiger partial charge in [0.05, 0.1) is 5.56 Å². The first-order valence-electron chi connectivity index (χ1n) is 10.5. The van der Waals surface area contributed by atoms with Crippen molar-refractivity contribution in [3.8, 4) is 11.5 Å². The van der Waals surface area contributed by atoms with Gasteiger partial charge >= 0.3 is 0 Å². The molecule has 34 heavy (non-hydrogen) atoms. The molecule has 5 nitrogen and oxygen atoms in total. The molecule has 0 aliphatic rings. The molecule has 0 aliphatic heterocycles. The van der Waals surface area contributed by atoms with Crippen LogP contribution in [-0.2, 0) is 0 Å². The van der Waals surface area contributed by atoms with Crippen molar-refractivity contribution in [3.05, 3.63) is 77.3 Å². The van der Waals surface area contributed by atoms with Crippen LogP contribution in [0.1, 0.15) is 42.1 Å². The predicted octanol–water partition coefficient (Wildman–Crippen LogP) is 8.11. The molecule has 0 spiro atoms. The second kappa shape index (κ2) is 11.0. The maximum Gasteiger partial charge on any atom is 0.258 e. The first-order valence-corrected chi connectivity index (χ1v) is 13.9. The first-order chi connectivity index (χ1) is 16.2. The van der Waals surface area contributed by atoms with Gasteiger partial charge in [0.2, 0.25) is 5.89 Å². The van der Waals surface area contributed by atoms with E-state index in [0.29, 0.717) is 17.4 Å². The Morgan fingerprint density at radius 1 is 1.15 bits per heavy atom. The summed E-state index contributed by atoms with van der Waals surface area (Å²) in [6.45, 7) is 4.39. The average Bonchev–Trinajstić information content (AvgIpc) is 3.24. The van der Waals surface area contributed by atoms with Crippen LogP contribution in [-0.4, -0.2) is 16.0 Å². The lowest BCUT2D eigenvalue weighted by Crippen LogP contribution is -2.34. The molecule has 0 bridgehead atoms. The van der Waals surface area contributed by atoms with Gasteiger partial charge in [-0.1, -0.05) is 19.9 Å². The fourth-order valence-electron chi connectivity index (χ4n) is 3.36. The quantitative estimate of drug-likeness (QED) is 0.122. The Morgan fingerprint density at radius 2 is 1.88 bits per heavy atom. The molecular formula is C25H20BrI2N3O2S. The second-order valence-electron chi connectivity index (χ2n) is 7.79. The minimum absolute atomic E-state index is 0.220. The zero-order valence-electron chi connectivity index (χ0n) is 18.3. The van der Waals surface area contributed by atoms with Crippen molar-refractivity contribution < 1.29 is 9.21 Å². The van der Waals surface area contributed by atoms with Crippen LogP contribution in [0.3, 0.4) is 0 Å². The highest BCUT2D eigenvalue weighted by molar-refractivity contribution is 14.1. The first kappa shape index (κ1) is 25.5. The van der Waals surface area contributed by atoms with E-state index in [2.05, 4.69) is 103 Å². The van der Waals surface area contributed by atoms with Crippen LogP contribution in [0.2, 0.25) is 0 Å². The fraction of sp³-hybridized carbons (Fsp3) is 0.160. The Bertz CT molecular complexity index is 1390. The van der Waals surface area contributed by atoms with Crippen LogP contribution in [0.15, 0.2) is 63.5 Å². The number of carbonyl (C=O) groups excluding carboxylic acids is 1. The molecule has 3 aromatic carbocycles. The molecule has 2 N–H and O–H groups in total. The number of anilines is 1. The molecule has 0 saturated carbocycles. The summed E-state index contributed by atoms with van der Waals surface area (Å²) in [5.74, 6) is 0.770. The zero-order valence-corrected chi connectivity index (χ0v) is 25.0. The normalized spacial score (nSPS) is 11.9. The van der Waals surface area contributed by atoms with Gasteiger partial charge in [-0.05, 0) is 140 Å². The summed E-state index contributed by atoms with van der Waals surface area (Å²) in [5, 5.41) is 6.01. The van der Waals surface area contributed by atoms with E-state index in [1.54, 1.807) is 0 Å². The monoisotopic (exact) mass is 759 g/mol. The lowest BCUT2D eigenvalue weighted by molar-refractivity contribution is 0.0977. The van der Waals surface area contributed by atoms with Gasteiger partial charge in [0.15, 0.2) is 10.7 Å². The van der Waals surface area contributed by atoms with E-state index in [0.717, 1.165) is 40.4 Å². The van der Waals surface area contributed by atoms with Crippen LogP contribution in [0.4, 0.5) is 5.69 Å². The Kier molecular flexibility index (Phi) is 8.26. The average molecular weight is 760 g/mol. The lowest BCUT2D eigenvalue weighted by Gasteiger charge is -2.11. The summed E-state index contributed by atoms with van der Waals surface area (Å²) >= 11 is 13.2. The third-order valence-electron chi connectivity index (χ3n) is 5.45. The van der Waals surface area contributed by atoms with E-state index < -0.39 is 0 Å². The third-order valence-corrected chi connectivity index (χ3v) is 8.72. The molecule has 1 amide bonds. The van der Waals surface area contributed by atoms with Gasteiger partial charge in [0.1, 0.15) is 5.52 Å². The summed E-state index contributed by atoms with van der Waals surface area (Å²) in [7, 11) is 0. The molecule has 1 aromatic heterocycles. The van der Waals surface area contributed by atoms with Crippen LogP contribution >= 0.6 is 73.3 Å². The number of aromatic nitrogens is 1. The number of benzene rings is 3. The van der Waals surface area contributed by atoms with Gasteiger partial charge in [-0.15, -0.1) is 0 Å². The Balaban J connectivity index is 1.45. The second-order valence-corrected chi connectivity index (χ2v) is 11.4. The Hall–Kier alpha value is -1.57. The van der Waals surface area contributed by atoms with Gasteiger partial charge in [-0.2, -0.15) is 0 Å². The maximum atomic E-state index is 12.7. The summed E-state index contributed by atoms with van der Waals surface area (Å²) in [5.41, 5.74) is 5.03. The van der Waals surface area contributed by atoms with E-state index in [-0.39, 0.29) is 11.0 Å². The molecule has 174 valence electrons. The minimum atomic E-state index is -0.277. The number of amides is 1. The zero-order chi connectivity index (χ0) is 24.4.